The van der Waals surface area contributed by atoms with Gasteiger partial charge in [-0.25, -0.2) is 4.39 Å². The van der Waals surface area contributed by atoms with Crippen LogP contribution in [-0.2, 0) is 17.5 Å². The van der Waals surface area contributed by atoms with Crippen LogP contribution in [0.2, 0.25) is 0 Å². The lowest BCUT2D eigenvalue weighted by Crippen LogP contribution is -2.53. The number of hydrogen-bond donors (Lipinski definition) is 0. The van der Waals surface area contributed by atoms with Gasteiger partial charge in [-0.15, -0.1) is 0 Å². The number of alkyl halides is 3. The van der Waals surface area contributed by atoms with E-state index in [0.717, 1.165) is 11.6 Å². The number of benzene rings is 2. The molecule has 2 bridgehead atoms. The fourth-order valence-corrected chi connectivity index (χ4v) is 3.98. The van der Waals surface area contributed by atoms with Gasteiger partial charge >= 0.3 is 6.18 Å². The number of halogens is 4. The van der Waals surface area contributed by atoms with Gasteiger partial charge in [0.25, 0.3) is 0 Å². The maximum absolute atomic E-state index is 14.0. The maximum Gasteiger partial charge on any atom is 0.419 e. The standard InChI is InChI=1S/C21H19F4NO/c22-19-8-4-7-18(20(19)21(23,24)25)15-9-16-12-27-13-17(10-15)26(16)11-14-5-2-1-3-6-14/h1-9,16-17H,10-13H2. The highest BCUT2D eigenvalue weighted by molar-refractivity contribution is 5.71. The summed E-state index contributed by atoms with van der Waals surface area (Å²) >= 11 is 0. The van der Waals surface area contributed by atoms with Crippen molar-refractivity contribution in [3.8, 4) is 0 Å². The van der Waals surface area contributed by atoms with E-state index in [4.69, 9.17) is 4.74 Å². The Morgan fingerprint density at radius 1 is 1.00 bits per heavy atom. The van der Waals surface area contributed by atoms with E-state index in [1.165, 1.54) is 12.1 Å². The molecule has 0 saturated carbocycles. The topological polar surface area (TPSA) is 12.5 Å². The molecule has 0 radical (unpaired) electrons. The summed E-state index contributed by atoms with van der Waals surface area (Å²) in [5.74, 6) is -1.23. The van der Waals surface area contributed by atoms with E-state index in [9.17, 15) is 17.6 Å². The van der Waals surface area contributed by atoms with Gasteiger partial charge in [-0.2, -0.15) is 13.2 Å². The Kier molecular flexibility index (Phi) is 4.78. The normalized spacial score (nSPS) is 23.2. The summed E-state index contributed by atoms with van der Waals surface area (Å²) in [6, 6.07) is 13.3. The van der Waals surface area contributed by atoms with Gasteiger partial charge in [0, 0.05) is 12.6 Å². The molecule has 2 unspecified atom stereocenters. The van der Waals surface area contributed by atoms with Crippen LogP contribution in [0.4, 0.5) is 17.6 Å². The van der Waals surface area contributed by atoms with Crippen molar-refractivity contribution in [3.63, 3.8) is 0 Å². The number of morpholine rings is 1. The highest BCUT2D eigenvalue weighted by Crippen LogP contribution is 2.41. The molecule has 0 N–H and O–H groups in total. The summed E-state index contributed by atoms with van der Waals surface area (Å²) in [7, 11) is 0. The molecule has 0 aliphatic carbocycles. The Labute approximate surface area is 155 Å². The molecule has 0 spiro atoms. The zero-order valence-electron chi connectivity index (χ0n) is 14.5. The quantitative estimate of drug-likeness (QED) is 0.706. The molecule has 2 heterocycles. The van der Waals surface area contributed by atoms with Crippen LogP contribution in [0, 0.1) is 5.82 Å². The average Bonchev–Trinajstić information content (AvgIpc) is 2.61. The zero-order valence-corrected chi connectivity index (χ0v) is 14.5. The molecular weight excluding hydrogens is 358 g/mol. The minimum atomic E-state index is -4.73. The molecule has 27 heavy (non-hydrogen) atoms. The van der Waals surface area contributed by atoms with Crippen LogP contribution < -0.4 is 0 Å². The van der Waals surface area contributed by atoms with Crippen molar-refractivity contribution in [1.29, 1.82) is 0 Å². The van der Waals surface area contributed by atoms with E-state index >= 15 is 0 Å². The molecule has 0 aromatic heterocycles. The van der Waals surface area contributed by atoms with E-state index < -0.39 is 17.6 Å². The summed E-state index contributed by atoms with van der Waals surface area (Å²) in [6.07, 6.45) is -2.52. The molecule has 2 aliphatic heterocycles. The van der Waals surface area contributed by atoms with Crippen molar-refractivity contribution in [2.75, 3.05) is 13.2 Å². The summed E-state index contributed by atoms with van der Waals surface area (Å²) in [6.45, 7) is 1.58. The number of hydrogen-bond acceptors (Lipinski definition) is 2. The minimum Gasteiger partial charge on any atom is -0.378 e. The molecule has 1 saturated heterocycles. The zero-order chi connectivity index (χ0) is 19.0. The van der Waals surface area contributed by atoms with E-state index in [0.29, 0.717) is 31.8 Å². The van der Waals surface area contributed by atoms with Crippen molar-refractivity contribution >= 4 is 5.57 Å². The van der Waals surface area contributed by atoms with Crippen molar-refractivity contribution in [3.05, 3.63) is 77.1 Å². The van der Waals surface area contributed by atoms with Gasteiger partial charge in [0.05, 0.1) is 24.8 Å². The van der Waals surface area contributed by atoms with Gasteiger partial charge in [0.1, 0.15) is 5.82 Å². The molecule has 0 amide bonds. The van der Waals surface area contributed by atoms with Crippen molar-refractivity contribution in [2.24, 2.45) is 0 Å². The van der Waals surface area contributed by atoms with Gasteiger partial charge < -0.3 is 4.74 Å². The SMILES string of the molecule is Fc1cccc(C2=CC3COCC(C2)N3Cc2ccccc2)c1C(F)(F)F. The minimum absolute atomic E-state index is 0.0340. The van der Waals surface area contributed by atoms with Crippen LogP contribution in [0.25, 0.3) is 5.57 Å². The molecule has 2 atom stereocenters. The van der Waals surface area contributed by atoms with Gasteiger partial charge in [0.2, 0.25) is 0 Å². The van der Waals surface area contributed by atoms with Crippen LogP contribution in [0.3, 0.4) is 0 Å². The highest BCUT2D eigenvalue weighted by Gasteiger charge is 2.40. The maximum atomic E-state index is 14.0. The second kappa shape index (κ2) is 7.09. The van der Waals surface area contributed by atoms with Gasteiger partial charge in [0.15, 0.2) is 0 Å². The van der Waals surface area contributed by atoms with Gasteiger partial charge in [-0.05, 0) is 29.2 Å². The molecule has 2 nitrogen and oxygen atoms in total. The molecule has 142 valence electrons. The first-order valence-electron chi connectivity index (χ1n) is 8.87. The summed E-state index contributed by atoms with van der Waals surface area (Å²) in [4.78, 5) is 2.26. The third-order valence-corrected chi connectivity index (χ3v) is 5.19. The molecule has 2 aliphatic rings. The molecule has 1 fully saturated rings. The number of rotatable bonds is 3. The fourth-order valence-electron chi connectivity index (χ4n) is 3.98. The second-order valence-electron chi connectivity index (χ2n) is 6.97. The van der Waals surface area contributed by atoms with Gasteiger partial charge in [-0.1, -0.05) is 48.5 Å². The predicted octanol–water partition coefficient (Wildman–Crippen LogP) is 4.90. The lowest BCUT2D eigenvalue weighted by atomic mass is 9.87. The summed E-state index contributed by atoms with van der Waals surface area (Å²) < 4.78 is 59.8. The number of fused-ring (bicyclic) bond motifs is 2. The number of nitrogens with zero attached hydrogens (tertiary/aromatic N) is 1. The smallest absolute Gasteiger partial charge is 0.378 e. The Bertz CT molecular complexity index is 847. The Balaban J connectivity index is 1.69. The van der Waals surface area contributed by atoms with Crippen LogP contribution in [0.1, 0.15) is 23.1 Å². The largest absolute Gasteiger partial charge is 0.419 e. The lowest BCUT2D eigenvalue weighted by molar-refractivity contribution is -0.140. The van der Waals surface area contributed by atoms with E-state index in [1.54, 1.807) is 0 Å². The third-order valence-electron chi connectivity index (χ3n) is 5.19. The first-order valence-corrected chi connectivity index (χ1v) is 8.87. The van der Waals surface area contributed by atoms with E-state index in [1.807, 2.05) is 36.4 Å². The highest BCUT2D eigenvalue weighted by atomic mass is 19.4. The van der Waals surface area contributed by atoms with Gasteiger partial charge in [-0.3, -0.25) is 4.90 Å². The molecule has 2 aromatic rings. The van der Waals surface area contributed by atoms with Crippen LogP contribution in [0.5, 0.6) is 0 Å². The Morgan fingerprint density at radius 2 is 1.78 bits per heavy atom. The van der Waals surface area contributed by atoms with Crippen molar-refractivity contribution in [1.82, 2.24) is 4.90 Å². The lowest BCUT2D eigenvalue weighted by Gasteiger charge is -2.45. The van der Waals surface area contributed by atoms with E-state index in [-0.39, 0.29) is 17.6 Å². The van der Waals surface area contributed by atoms with Crippen LogP contribution in [-0.4, -0.2) is 30.2 Å². The predicted molar refractivity (Wildman–Crippen MR) is 94.4 cm³/mol. The molecule has 4 rings (SSSR count). The van der Waals surface area contributed by atoms with Crippen LogP contribution >= 0.6 is 0 Å². The fraction of sp³-hybridized carbons (Fsp3) is 0.333. The van der Waals surface area contributed by atoms with Crippen molar-refractivity contribution < 1.29 is 22.3 Å². The number of ether oxygens (including phenoxy) is 1. The summed E-state index contributed by atoms with van der Waals surface area (Å²) in [5.41, 5.74) is 0.461. The monoisotopic (exact) mass is 377 g/mol. The molecule has 6 heteroatoms. The Morgan fingerprint density at radius 3 is 2.48 bits per heavy atom. The average molecular weight is 377 g/mol. The van der Waals surface area contributed by atoms with E-state index in [2.05, 4.69) is 4.90 Å². The van der Waals surface area contributed by atoms with Crippen LogP contribution in [0.15, 0.2) is 54.6 Å². The first-order chi connectivity index (χ1) is 12.9. The third kappa shape index (κ3) is 3.64. The van der Waals surface area contributed by atoms with Crippen molar-refractivity contribution in [2.45, 2.75) is 31.2 Å². The molecule has 2 aromatic carbocycles. The summed E-state index contributed by atoms with van der Waals surface area (Å²) in [5, 5.41) is 0. The second-order valence-corrected chi connectivity index (χ2v) is 6.97. The molecular formula is C21H19F4NO. The first kappa shape index (κ1) is 18.2. The Hall–Kier alpha value is -2.18.